The maximum atomic E-state index is 5.71. The Hall–Kier alpha value is -1.73. The van der Waals surface area contributed by atoms with Crippen molar-refractivity contribution in [2.24, 2.45) is 5.84 Å². The van der Waals surface area contributed by atoms with E-state index in [-0.39, 0.29) is 6.23 Å². The highest BCUT2D eigenvalue weighted by Gasteiger charge is 2.19. The summed E-state index contributed by atoms with van der Waals surface area (Å²) in [4.78, 5) is 12.5. The minimum absolute atomic E-state index is 0.0225. The van der Waals surface area contributed by atoms with Gasteiger partial charge in [0.05, 0.1) is 6.33 Å². The Morgan fingerprint density at radius 3 is 3.06 bits per heavy atom. The molecule has 1 saturated heterocycles. The first-order valence-corrected chi connectivity index (χ1v) is 5.66. The molecule has 1 aliphatic rings. The van der Waals surface area contributed by atoms with Crippen molar-refractivity contribution in [2.75, 3.05) is 12.0 Å². The monoisotopic (exact) mass is 234 g/mol. The molecule has 0 bridgehead atoms. The van der Waals surface area contributed by atoms with E-state index in [1.54, 1.807) is 6.33 Å². The molecule has 2 aromatic heterocycles. The van der Waals surface area contributed by atoms with Gasteiger partial charge in [-0.05, 0) is 19.3 Å². The first-order valence-electron chi connectivity index (χ1n) is 5.66. The summed E-state index contributed by atoms with van der Waals surface area (Å²) in [5, 5.41) is 0. The second-order valence-corrected chi connectivity index (χ2v) is 4.01. The molecule has 0 spiro atoms. The van der Waals surface area contributed by atoms with Crippen molar-refractivity contribution < 1.29 is 4.74 Å². The number of hydrogen-bond donors (Lipinski definition) is 2. The minimum atomic E-state index is 0.0225. The molecule has 0 amide bonds. The Kier molecular flexibility index (Phi) is 2.62. The highest BCUT2D eigenvalue weighted by Crippen LogP contribution is 2.26. The van der Waals surface area contributed by atoms with Crippen LogP contribution in [0.25, 0.3) is 11.2 Å². The van der Waals surface area contributed by atoms with E-state index >= 15 is 0 Å². The van der Waals surface area contributed by atoms with Crippen LogP contribution in [-0.2, 0) is 4.74 Å². The van der Waals surface area contributed by atoms with E-state index < -0.39 is 0 Å². The van der Waals surface area contributed by atoms with Crippen LogP contribution in [-0.4, -0.2) is 26.1 Å². The van der Waals surface area contributed by atoms with Gasteiger partial charge in [0.25, 0.3) is 0 Å². The number of fused-ring (bicyclic) bond motifs is 1. The first kappa shape index (κ1) is 10.4. The van der Waals surface area contributed by atoms with Crippen molar-refractivity contribution in [3.05, 3.63) is 12.7 Å². The maximum absolute atomic E-state index is 5.71. The van der Waals surface area contributed by atoms with Crippen molar-refractivity contribution >= 4 is 17.0 Å². The zero-order valence-corrected chi connectivity index (χ0v) is 9.33. The zero-order valence-electron chi connectivity index (χ0n) is 9.33. The molecule has 90 valence electrons. The van der Waals surface area contributed by atoms with Crippen molar-refractivity contribution in [2.45, 2.75) is 25.5 Å². The average Bonchev–Trinajstić information content (AvgIpc) is 2.83. The molecule has 17 heavy (non-hydrogen) atoms. The molecule has 1 fully saturated rings. The quantitative estimate of drug-likeness (QED) is 0.590. The number of imidazole rings is 1. The molecule has 7 nitrogen and oxygen atoms in total. The van der Waals surface area contributed by atoms with Gasteiger partial charge in [-0.15, -0.1) is 0 Å². The van der Waals surface area contributed by atoms with E-state index in [2.05, 4.69) is 20.4 Å². The minimum Gasteiger partial charge on any atom is -0.358 e. The highest BCUT2D eigenvalue weighted by atomic mass is 16.5. The largest absolute Gasteiger partial charge is 0.358 e. The van der Waals surface area contributed by atoms with E-state index in [0.29, 0.717) is 11.3 Å². The summed E-state index contributed by atoms with van der Waals surface area (Å²) >= 11 is 0. The van der Waals surface area contributed by atoms with Gasteiger partial charge >= 0.3 is 0 Å². The summed E-state index contributed by atoms with van der Waals surface area (Å²) < 4.78 is 7.66. The lowest BCUT2D eigenvalue weighted by Gasteiger charge is -2.23. The number of nitrogens with two attached hydrogens (primary N) is 1. The van der Waals surface area contributed by atoms with Crippen LogP contribution in [0, 0.1) is 0 Å². The SMILES string of the molecule is NNc1ncnc2c1ncn2[C@H]1CCCCO1. The van der Waals surface area contributed by atoms with Gasteiger partial charge < -0.3 is 10.2 Å². The molecule has 3 rings (SSSR count). The summed E-state index contributed by atoms with van der Waals surface area (Å²) in [6.45, 7) is 0.789. The van der Waals surface area contributed by atoms with Crippen LogP contribution < -0.4 is 11.3 Å². The van der Waals surface area contributed by atoms with E-state index in [9.17, 15) is 0 Å². The first-order chi connectivity index (χ1) is 8.40. The number of ether oxygens (including phenoxy) is 1. The molecule has 0 saturated carbocycles. The third-order valence-electron chi connectivity index (χ3n) is 2.96. The van der Waals surface area contributed by atoms with Gasteiger partial charge in [0.15, 0.2) is 17.0 Å². The highest BCUT2D eigenvalue weighted by molar-refractivity contribution is 5.82. The number of nitrogen functional groups attached to an aromatic ring is 1. The summed E-state index contributed by atoms with van der Waals surface area (Å²) in [6, 6.07) is 0. The number of anilines is 1. The second-order valence-electron chi connectivity index (χ2n) is 4.01. The number of hydrogen-bond acceptors (Lipinski definition) is 6. The standard InChI is InChI=1S/C10H14N6O/c11-15-9-8-10(13-5-12-9)16(6-14-8)7-3-1-2-4-17-7/h5-7H,1-4,11H2,(H,12,13,15)/t7-/m1/s1. The maximum Gasteiger partial charge on any atom is 0.171 e. The summed E-state index contributed by atoms with van der Waals surface area (Å²) in [5.74, 6) is 5.91. The van der Waals surface area contributed by atoms with Crippen LogP contribution in [0.5, 0.6) is 0 Å². The molecule has 2 aromatic rings. The van der Waals surface area contributed by atoms with Crippen molar-refractivity contribution in [3.8, 4) is 0 Å². The van der Waals surface area contributed by atoms with E-state index in [1.807, 2.05) is 4.57 Å². The fourth-order valence-corrected chi connectivity index (χ4v) is 2.11. The molecular formula is C10H14N6O. The van der Waals surface area contributed by atoms with Crippen LogP contribution in [0.4, 0.5) is 5.82 Å². The summed E-state index contributed by atoms with van der Waals surface area (Å²) in [6.07, 6.45) is 6.50. The van der Waals surface area contributed by atoms with Gasteiger partial charge in [-0.3, -0.25) is 4.57 Å². The van der Waals surface area contributed by atoms with Crippen molar-refractivity contribution in [1.82, 2.24) is 19.5 Å². The predicted molar refractivity (Wildman–Crippen MR) is 62.0 cm³/mol. The topological polar surface area (TPSA) is 90.9 Å². The zero-order chi connectivity index (χ0) is 11.7. The number of nitrogens with one attached hydrogen (secondary N) is 1. The Bertz CT molecular complexity index is 518. The third-order valence-corrected chi connectivity index (χ3v) is 2.96. The molecular weight excluding hydrogens is 220 g/mol. The molecule has 0 radical (unpaired) electrons. The van der Waals surface area contributed by atoms with Crippen LogP contribution in [0.15, 0.2) is 12.7 Å². The van der Waals surface area contributed by atoms with Gasteiger partial charge in [0.1, 0.15) is 12.6 Å². The van der Waals surface area contributed by atoms with Gasteiger partial charge in [-0.1, -0.05) is 0 Å². The van der Waals surface area contributed by atoms with E-state index in [0.717, 1.165) is 31.5 Å². The van der Waals surface area contributed by atoms with Gasteiger partial charge in [0.2, 0.25) is 0 Å². The van der Waals surface area contributed by atoms with Crippen molar-refractivity contribution in [3.63, 3.8) is 0 Å². The number of hydrazine groups is 1. The Labute approximate surface area is 98.0 Å². The summed E-state index contributed by atoms with van der Waals surface area (Å²) in [7, 11) is 0. The van der Waals surface area contributed by atoms with Crippen LogP contribution in [0.3, 0.4) is 0 Å². The Balaban J connectivity index is 2.05. The number of aromatic nitrogens is 4. The molecule has 3 N–H and O–H groups in total. The fraction of sp³-hybridized carbons (Fsp3) is 0.500. The Morgan fingerprint density at radius 2 is 2.29 bits per heavy atom. The molecule has 3 heterocycles. The average molecular weight is 234 g/mol. The van der Waals surface area contributed by atoms with Crippen LogP contribution >= 0.6 is 0 Å². The van der Waals surface area contributed by atoms with Crippen LogP contribution in [0.1, 0.15) is 25.5 Å². The fourth-order valence-electron chi connectivity index (χ4n) is 2.11. The third kappa shape index (κ3) is 1.73. The molecule has 0 unspecified atom stereocenters. The Morgan fingerprint density at radius 1 is 1.35 bits per heavy atom. The molecule has 0 aromatic carbocycles. The predicted octanol–water partition coefficient (Wildman–Crippen LogP) is 0.811. The number of nitrogens with zero attached hydrogens (tertiary/aromatic N) is 4. The lowest BCUT2D eigenvalue weighted by atomic mass is 10.2. The van der Waals surface area contributed by atoms with Gasteiger partial charge in [-0.2, -0.15) is 0 Å². The van der Waals surface area contributed by atoms with E-state index in [4.69, 9.17) is 10.6 Å². The smallest absolute Gasteiger partial charge is 0.171 e. The molecule has 0 aliphatic carbocycles. The lowest BCUT2D eigenvalue weighted by Crippen LogP contribution is -2.18. The van der Waals surface area contributed by atoms with Gasteiger partial charge in [-0.25, -0.2) is 20.8 Å². The van der Waals surface area contributed by atoms with E-state index in [1.165, 1.54) is 6.33 Å². The van der Waals surface area contributed by atoms with Crippen molar-refractivity contribution in [1.29, 1.82) is 0 Å². The van der Waals surface area contributed by atoms with Gasteiger partial charge in [0, 0.05) is 6.61 Å². The molecule has 7 heteroatoms. The normalized spacial score (nSPS) is 20.6. The molecule has 1 atom stereocenters. The van der Waals surface area contributed by atoms with Crippen LogP contribution in [0.2, 0.25) is 0 Å². The lowest BCUT2D eigenvalue weighted by molar-refractivity contribution is -0.0298. The summed E-state index contributed by atoms with van der Waals surface area (Å²) in [5.41, 5.74) is 3.94. The molecule has 1 aliphatic heterocycles. The second kappa shape index (κ2) is 4.27. The number of rotatable bonds is 2.